The van der Waals surface area contributed by atoms with E-state index in [-0.39, 0.29) is 17.8 Å². The molecule has 0 aliphatic carbocycles. The summed E-state index contributed by atoms with van der Waals surface area (Å²) in [7, 11) is 0. The number of amides is 1. The maximum atomic E-state index is 13.6. The third-order valence-electron chi connectivity index (χ3n) is 3.05. The first-order valence-corrected chi connectivity index (χ1v) is 7.87. The molecule has 5 heteroatoms. The Morgan fingerprint density at radius 1 is 1.30 bits per heavy atom. The normalized spacial score (nSPS) is 12.5. The van der Waals surface area contributed by atoms with Gasteiger partial charge in [0.2, 0.25) is 0 Å². The Labute approximate surface area is 123 Å². The molecule has 0 radical (unpaired) electrons. The highest BCUT2D eigenvalue weighted by Crippen LogP contribution is 2.28. The summed E-state index contributed by atoms with van der Waals surface area (Å²) in [6, 6.07) is 10.4. The number of hydrogen-bond acceptors (Lipinski definition) is 3. The fraction of sp³-hybridized carbons (Fsp3) is 0.133. The number of rotatable bonds is 3. The van der Waals surface area contributed by atoms with Crippen LogP contribution in [-0.2, 0) is 0 Å². The molecule has 0 saturated carbocycles. The molecular formula is C15H12FNOS2. The van der Waals surface area contributed by atoms with Crippen molar-refractivity contribution in [2.45, 2.75) is 13.0 Å². The third-order valence-corrected chi connectivity index (χ3v) is 5.20. The summed E-state index contributed by atoms with van der Waals surface area (Å²) in [4.78, 5) is 13.9. The summed E-state index contributed by atoms with van der Waals surface area (Å²) in [6.07, 6.45) is 0. The van der Waals surface area contributed by atoms with Gasteiger partial charge in [-0.15, -0.1) is 22.7 Å². The van der Waals surface area contributed by atoms with Crippen molar-refractivity contribution in [2.24, 2.45) is 0 Å². The lowest BCUT2D eigenvalue weighted by Gasteiger charge is -2.10. The molecule has 0 aliphatic rings. The number of hydrogen-bond donors (Lipinski definition) is 1. The van der Waals surface area contributed by atoms with Crippen LogP contribution in [-0.4, -0.2) is 5.91 Å². The highest BCUT2D eigenvalue weighted by Gasteiger charge is 2.15. The first-order chi connectivity index (χ1) is 9.65. The van der Waals surface area contributed by atoms with Crippen LogP contribution in [0.5, 0.6) is 0 Å². The molecule has 20 heavy (non-hydrogen) atoms. The van der Waals surface area contributed by atoms with E-state index in [1.165, 1.54) is 17.4 Å². The van der Waals surface area contributed by atoms with Gasteiger partial charge in [0.05, 0.1) is 10.9 Å². The maximum Gasteiger partial charge on any atom is 0.261 e. The number of carbonyl (C=O) groups excluding carboxylic acids is 1. The van der Waals surface area contributed by atoms with Gasteiger partial charge in [-0.1, -0.05) is 12.1 Å². The minimum absolute atomic E-state index is 0.0439. The van der Waals surface area contributed by atoms with Gasteiger partial charge in [0.15, 0.2) is 0 Å². The molecule has 1 amide bonds. The second-order valence-corrected chi connectivity index (χ2v) is 6.54. The van der Waals surface area contributed by atoms with Crippen molar-refractivity contribution in [3.63, 3.8) is 0 Å². The molecule has 3 aromatic rings. The highest BCUT2D eigenvalue weighted by atomic mass is 32.1. The van der Waals surface area contributed by atoms with Crippen LogP contribution >= 0.6 is 22.7 Å². The van der Waals surface area contributed by atoms with Gasteiger partial charge in [-0.3, -0.25) is 4.79 Å². The lowest BCUT2D eigenvalue weighted by molar-refractivity contribution is 0.0944. The maximum absolute atomic E-state index is 13.6. The van der Waals surface area contributed by atoms with Crippen molar-refractivity contribution >= 4 is 38.7 Å². The lowest BCUT2D eigenvalue weighted by Crippen LogP contribution is -2.25. The largest absolute Gasteiger partial charge is 0.344 e. The van der Waals surface area contributed by atoms with E-state index in [1.807, 2.05) is 30.5 Å². The van der Waals surface area contributed by atoms with Gasteiger partial charge in [-0.25, -0.2) is 4.39 Å². The van der Waals surface area contributed by atoms with Crippen molar-refractivity contribution in [3.8, 4) is 0 Å². The first kappa shape index (κ1) is 13.3. The highest BCUT2D eigenvalue weighted by molar-refractivity contribution is 7.20. The Hall–Kier alpha value is -1.72. The Morgan fingerprint density at radius 2 is 2.15 bits per heavy atom. The van der Waals surface area contributed by atoms with E-state index in [4.69, 9.17) is 0 Å². The van der Waals surface area contributed by atoms with Crippen molar-refractivity contribution in [3.05, 3.63) is 57.3 Å². The Morgan fingerprint density at radius 3 is 2.85 bits per heavy atom. The molecule has 0 aliphatic heterocycles. The van der Waals surface area contributed by atoms with Gasteiger partial charge in [0.1, 0.15) is 5.82 Å². The average molecular weight is 305 g/mol. The van der Waals surface area contributed by atoms with Crippen molar-refractivity contribution in [2.75, 3.05) is 0 Å². The van der Waals surface area contributed by atoms with Crippen LogP contribution in [0.2, 0.25) is 0 Å². The molecule has 1 atom stereocenters. The van der Waals surface area contributed by atoms with Gasteiger partial charge in [0, 0.05) is 15.0 Å². The van der Waals surface area contributed by atoms with Crippen molar-refractivity contribution in [1.29, 1.82) is 0 Å². The van der Waals surface area contributed by atoms with E-state index < -0.39 is 0 Å². The molecule has 2 nitrogen and oxygen atoms in total. The van der Waals surface area contributed by atoms with Crippen LogP contribution in [0.3, 0.4) is 0 Å². The van der Waals surface area contributed by atoms with E-state index in [0.29, 0.717) is 10.3 Å². The fourth-order valence-electron chi connectivity index (χ4n) is 2.01. The Kier molecular flexibility index (Phi) is 3.54. The molecule has 3 rings (SSSR count). The van der Waals surface area contributed by atoms with E-state index in [0.717, 1.165) is 9.58 Å². The smallest absolute Gasteiger partial charge is 0.261 e. The minimum Gasteiger partial charge on any atom is -0.344 e. The second-order valence-electron chi connectivity index (χ2n) is 4.47. The second kappa shape index (κ2) is 5.34. The third kappa shape index (κ3) is 2.46. The number of thiophene rings is 2. The average Bonchev–Trinajstić information content (AvgIpc) is 3.08. The lowest BCUT2D eigenvalue weighted by atomic mass is 10.2. The van der Waals surface area contributed by atoms with Crippen molar-refractivity contribution in [1.82, 2.24) is 5.32 Å². The molecule has 2 heterocycles. The minimum atomic E-state index is -0.288. The summed E-state index contributed by atoms with van der Waals surface area (Å²) in [6.45, 7) is 1.94. The first-order valence-electron chi connectivity index (χ1n) is 6.17. The van der Waals surface area contributed by atoms with Crippen LogP contribution < -0.4 is 5.32 Å². The van der Waals surface area contributed by atoms with Gasteiger partial charge in [-0.05, 0) is 36.6 Å². The summed E-state index contributed by atoms with van der Waals surface area (Å²) in [5, 5.41) is 5.42. The van der Waals surface area contributed by atoms with E-state index in [9.17, 15) is 9.18 Å². The predicted octanol–water partition coefficient (Wildman–Crippen LogP) is 4.59. The summed E-state index contributed by atoms with van der Waals surface area (Å²) < 4.78 is 14.4. The Bertz CT molecular complexity index is 748. The topological polar surface area (TPSA) is 29.1 Å². The molecule has 0 spiro atoms. The summed E-state index contributed by atoms with van der Waals surface area (Å²) >= 11 is 2.91. The zero-order valence-electron chi connectivity index (χ0n) is 10.7. The zero-order valence-corrected chi connectivity index (χ0v) is 12.4. The van der Waals surface area contributed by atoms with Crippen LogP contribution in [0.4, 0.5) is 4.39 Å². The number of carbonyl (C=O) groups is 1. The van der Waals surface area contributed by atoms with E-state index in [1.54, 1.807) is 23.5 Å². The zero-order chi connectivity index (χ0) is 14.1. The molecule has 0 unspecified atom stereocenters. The SMILES string of the molecule is C[C@H](NC(=O)c1cc2c(F)cccc2s1)c1cccs1. The summed E-state index contributed by atoms with van der Waals surface area (Å²) in [5.74, 6) is -0.449. The molecular weight excluding hydrogens is 293 g/mol. The Balaban J connectivity index is 1.84. The van der Waals surface area contributed by atoms with Gasteiger partial charge < -0.3 is 5.32 Å². The van der Waals surface area contributed by atoms with Gasteiger partial charge in [-0.2, -0.15) is 0 Å². The number of halogens is 1. The van der Waals surface area contributed by atoms with E-state index >= 15 is 0 Å². The molecule has 0 saturated heterocycles. The van der Waals surface area contributed by atoms with Crippen LogP contribution in [0.25, 0.3) is 10.1 Å². The van der Waals surface area contributed by atoms with Crippen LogP contribution in [0.1, 0.15) is 27.5 Å². The van der Waals surface area contributed by atoms with Crippen LogP contribution in [0.15, 0.2) is 41.8 Å². The van der Waals surface area contributed by atoms with E-state index in [2.05, 4.69) is 5.32 Å². The molecule has 2 aromatic heterocycles. The molecule has 1 aromatic carbocycles. The standard InChI is InChI=1S/C15H12FNOS2/c1-9(12-6-3-7-19-12)17-15(18)14-8-10-11(16)4-2-5-13(10)20-14/h2-9H,1H3,(H,17,18)/t9-/m0/s1. The number of fused-ring (bicyclic) bond motifs is 1. The molecule has 102 valence electrons. The molecule has 1 N–H and O–H groups in total. The number of nitrogens with one attached hydrogen (secondary N) is 1. The van der Waals surface area contributed by atoms with Gasteiger partial charge in [0.25, 0.3) is 5.91 Å². The predicted molar refractivity (Wildman–Crippen MR) is 82.0 cm³/mol. The molecule has 0 bridgehead atoms. The quantitative estimate of drug-likeness (QED) is 0.753. The number of benzene rings is 1. The van der Waals surface area contributed by atoms with Crippen molar-refractivity contribution < 1.29 is 9.18 Å². The monoisotopic (exact) mass is 305 g/mol. The van der Waals surface area contributed by atoms with Gasteiger partial charge >= 0.3 is 0 Å². The summed E-state index contributed by atoms with van der Waals surface area (Å²) in [5.41, 5.74) is 0. The van der Waals surface area contributed by atoms with Crippen LogP contribution in [0, 0.1) is 5.82 Å². The fourth-order valence-corrected chi connectivity index (χ4v) is 3.73. The molecule has 0 fully saturated rings.